The third-order valence-electron chi connectivity index (χ3n) is 2.53. The fourth-order valence-electron chi connectivity index (χ4n) is 1.68. The number of rotatable bonds is 4. The molecule has 17 heavy (non-hydrogen) atoms. The van der Waals surface area contributed by atoms with E-state index in [0.717, 1.165) is 16.9 Å². The van der Waals surface area contributed by atoms with Gasteiger partial charge in [-0.15, -0.1) is 0 Å². The topological polar surface area (TPSA) is 38.3 Å². The average Bonchev–Trinajstić information content (AvgIpc) is 2.29. The molecule has 3 nitrogen and oxygen atoms in total. The van der Waals surface area contributed by atoms with Crippen molar-refractivity contribution in [3.63, 3.8) is 0 Å². The normalized spacial score (nSPS) is 12.5. The Morgan fingerprint density at radius 3 is 2.76 bits per heavy atom. The van der Waals surface area contributed by atoms with E-state index in [9.17, 15) is 4.79 Å². The maximum absolute atomic E-state index is 11.5. The molecule has 3 heteroatoms. The van der Waals surface area contributed by atoms with Crippen LogP contribution in [0.4, 0.5) is 0 Å². The van der Waals surface area contributed by atoms with Crippen molar-refractivity contribution in [2.45, 2.75) is 26.8 Å². The zero-order valence-corrected chi connectivity index (χ0v) is 10.8. The van der Waals surface area contributed by atoms with Gasteiger partial charge in [0.2, 0.25) is 5.91 Å². The summed E-state index contributed by atoms with van der Waals surface area (Å²) in [4.78, 5) is 11.5. The fourth-order valence-corrected chi connectivity index (χ4v) is 1.68. The van der Waals surface area contributed by atoms with E-state index >= 15 is 0 Å². The van der Waals surface area contributed by atoms with E-state index in [-0.39, 0.29) is 11.9 Å². The van der Waals surface area contributed by atoms with Crippen molar-refractivity contribution in [3.05, 3.63) is 41.5 Å². The molecule has 0 bridgehead atoms. The molecule has 1 aromatic rings. The second kappa shape index (κ2) is 6.09. The Bertz CT molecular complexity index is 424. The van der Waals surface area contributed by atoms with Crippen LogP contribution in [0.1, 0.15) is 31.0 Å². The molecule has 0 saturated heterocycles. The largest absolute Gasteiger partial charge is 0.496 e. The van der Waals surface area contributed by atoms with Gasteiger partial charge in [0.15, 0.2) is 0 Å². The van der Waals surface area contributed by atoms with Crippen LogP contribution in [0.3, 0.4) is 0 Å². The smallest absolute Gasteiger partial charge is 0.244 e. The Labute approximate surface area is 102 Å². The van der Waals surface area contributed by atoms with Crippen LogP contribution in [0, 0.1) is 6.92 Å². The van der Waals surface area contributed by atoms with Crippen LogP contribution < -0.4 is 10.1 Å². The van der Waals surface area contributed by atoms with Crippen LogP contribution in [-0.4, -0.2) is 13.0 Å². The van der Waals surface area contributed by atoms with Gasteiger partial charge in [0, 0.05) is 5.56 Å². The average molecular weight is 233 g/mol. The summed E-state index contributed by atoms with van der Waals surface area (Å²) in [6, 6.07) is 5.86. The highest BCUT2D eigenvalue weighted by atomic mass is 16.5. The van der Waals surface area contributed by atoms with Gasteiger partial charge in [0.1, 0.15) is 5.75 Å². The minimum atomic E-state index is -0.0939. The number of hydrogen-bond donors (Lipinski definition) is 1. The molecule has 1 amide bonds. The van der Waals surface area contributed by atoms with Crippen molar-refractivity contribution < 1.29 is 9.53 Å². The lowest BCUT2D eigenvalue weighted by Gasteiger charge is -2.17. The van der Waals surface area contributed by atoms with Crippen LogP contribution in [0.2, 0.25) is 0 Å². The highest BCUT2D eigenvalue weighted by Crippen LogP contribution is 2.25. The Kier molecular flexibility index (Phi) is 4.76. The number of nitrogens with one attached hydrogen (secondary N) is 1. The maximum Gasteiger partial charge on any atom is 0.244 e. The second-order valence-electron chi connectivity index (χ2n) is 3.98. The molecule has 1 unspecified atom stereocenters. The molecule has 0 spiro atoms. The third-order valence-corrected chi connectivity index (χ3v) is 2.53. The number of aryl methyl sites for hydroxylation is 1. The van der Waals surface area contributed by atoms with E-state index in [4.69, 9.17) is 4.74 Å². The number of carbonyl (C=O) groups excluding carboxylic acids is 1. The van der Waals surface area contributed by atoms with Crippen LogP contribution in [0.15, 0.2) is 30.4 Å². The summed E-state index contributed by atoms with van der Waals surface area (Å²) in [6.45, 7) is 5.78. The molecule has 0 fully saturated rings. The van der Waals surface area contributed by atoms with E-state index in [0.29, 0.717) is 0 Å². The van der Waals surface area contributed by atoms with Gasteiger partial charge in [-0.2, -0.15) is 0 Å². The van der Waals surface area contributed by atoms with Gasteiger partial charge in [0.25, 0.3) is 0 Å². The molecule has 1 rings (SSSR count). The monoisotopic (exact) mass is 233 g/mol. The first kappa shape index (κ1) is 13.3. The van der Waals surface area contributed by atoms with E-state index in [1.54, 1.807) is 13.2 Å². The molecule has 0 heterocycles. The van der Waals surface area contributed by atoms with E-state index < -0.39 is 0 Å². The molecule has 0 aromatic heterocycles. The summed E-state index contributed by atoms with van der Waals surface area (Å²) in [5, 5.41) is 2.89. The SMILES string of the molecule is CC=CC(=O)NC(C)c1cc(C)ccc1OC. The van der Waals surface area contributed by atoms with Crippen molar-refractivity contribution in [2.24, 2.45) is 0 Å². The third kappa shape index (κ3) is 3.63. The lowest BCUT2D eigenvalue weighted by molar-refractivity contribution is -0.117. The van der Waals surface area contributed by atoms with Crippen molar-refractivity contribution in [1.29, 1.82) is 0 Å². The molecule has 0 saturated carbocycles. The van der Waals surface area contributed by atoms with Gasteiger partial charge in [-0.3, -0.25) is 4.79 Å². The van der Waals surface area contributed by atoms with Crippen molar-refractivity contribution in [2.75, 3.05) is 7.11 Å². The lowest BCUT2D eigenvalue weighted by atomic mass is 10.0. The summed E-state index contributed by atoms with van der Waals surface area (Å²) in [5.74, 6) is 0.701. The molecular weight excluding hydrogens is 214 g/mol. The van der Waals surface area contributed by atoms with Gasteiger partial charge >= 0.3 is 0 Å². The van der Waals surface area contributed by atoms with E-state index in [1.807, 2.05) is 39.0 Å². The van der Waals surface area contributed by atoms with Crippen LogP contribution >= 0.6 is 0 Å². The zero-order valence-electron chi connectivity index (χ0n) is 10.8. The highest BCUT2D eigenvalue weighted by Gasteiger charge is 2.12. The van der Waals surface area contributed by atoms with E-state index in [1.165, 1.54) is 6.08 Å². The predicted molar refractivity (Wildman–Crippen MR) is 69.1 cm³/mol. The van der Waals surface area contributed by atoms with Crippen molar-refractivity contribution in [1.82, 2.24) is 5.32 Å². The first-order valence-electron chi connectivity index (χ1n) is 5.66. The lowest BCUT2D eigenvalue weighted by Crippen LogP contribution is -2.25. The first-order valence-corrected chi connectivity index (χ1v) is 5.66. The van der Waals surface area contributed by atoms with Gasteiger partial charge < -0.3 is 10.1 Å². The molecule has 1 atom stereocenters. The highest BCUT2D eigenvalue weighted by molar-refractivity contribution is 5.87. The van der Waals surface area contributed by atoms with Gasteiger partial charge in [-0.1, -0.05) is 23.8 Å². The molecule has 1 N–H and O–H groups in total. The minimum Gasteiger partial charge on any atom is -0.496 e. The summed E-state index contributed by atoms with van der Waals surface area (Å²) >= 11 is 0. The molecule has 92 valence electrons. The van der Waals surface area contributed by atoms with Crippen molar-refractivity contribution >= 4 is 5.91 Å². The second-order valence-corrected chi connectivity index (χ2v) is 3.98. The number of ether oxygens (including phenoxy) is 1. The minimum absolute atomic E-state index is 0.0754. The van der Waals surface area contributed by atoms with Gasteiger partial charge in [-0.25, -0.2) is 0 Å². The van der Waals surface area contributed by atoms with Crippen LogP contribution in [-0.2, 0) is 4.79 Å². The maximum atomic E-state index is 11.5. The molecule has 1 aromatic carbocycles. The number of benzene rings is 1. The summed E-state index contributed by atoms with van der Waals surface area (Å²) in [5.41, 5.74) is 2.14. The van der Waals surface area contributed by atoms with Gasteiger partial charge in [-0.05, 0) is 32.9 Å². The number of amides is 1. The summed E-state index contributed by atoms with van der Waals surface area (Å²) in [7, 11) is 1.63. The Balaban J connectivity index is 2.90. The predicted octanol–water partition coefficient (Wildman–Crippen LogP) is 2.76. The molecule has 0 aliphatic rings. The Morgan fingerprint density at radius 1 is 1.47 bits per heavy atom. The Hall–Kier alpha value is -1.77. The first-order chi connectivity index (χ1) is 8.08. The fraction of sp³-hybridized carbons (Fsp3) is 0.357. The van der Waals surface area contributed by atoms with Crippen molar-refractivity contribution in [3.8, 4) is 5.75 Å². The standard InChI is InChI=1S/C14H19NO2/c1-5-6-14(16)15-11(3)12-9-10(2)7-8-13(12)17-4/h5-9,11H,1-4H3,(H,15,16). The number of hydrogen-bond acceptors (Lipinski definition) is 2. The summed E-state index contributed by atoms with van der Waals surface area (Å²) < 4.78 is 5.29. The number of carbonyl (C=O) groups is 1. The van der Waals surface area contributed by atoms with Gasteiger partial charge in [0.05, 0.1) is 13.2 Å². The summed E-state index contributed by atoms with van der Waals surface area (Å²) in [6.07, 6.45) is 3.23. The zero-order chi connectivity index (χ0) is 12.8. The molecule has 0 radical (unpaired) electrons. The Morgan fingerprint density at radius 2 is 2.18 bits per heavy atom. The number of allylic oxidation sites excluding steroid dienone is 1. The van der Waals surface area contributed by atoms with Crippen LogP contribution in [0.25, 0.3) is 0 Å². The quantitative estimate of drug-likeness (QED) is 0.812. The van der Waals surface area contributed by atoms with Crippen LogP contribution in [0.5, 0.6) is 5.75 Å². The number of methoxy groups -OCH3 is 1. The van der Waals surface area contributed by atoms with E-state index in [2.05, 4.69) is 5.32 Å². The molecular formula is C14H19NO2. The molecule has 0 aliphatic carbocycles. The molecule has 0 aliphatic heterocycles.